The molecule has 0 radical (unpaired) electrons. The van der Waals surface area contributed by atoms with Crippen LogP contribution in [0.4, 0.5) is 0 Å². The monoisotopic (exact) mass is 304 g/mol. The fraction of sp³-hybridized carbons (Fsp3) is 0.267. The molecule has 0 unspecified atom stereocenters. The molecule has 0 atom stereocenters. The first-order valence-corrected chi connectivity index (χ1v) is 6.96. The van der Waals surface area contributed by atoms with Gasteiger partial charge in [0.1, 0.15) is 0 Å². The van der Waals surface area contributed by atoms with Crippen molar-refractivity contribution in [2.24, 2.45) is 5.41 Å². The molecule has 1 heterocycles. The Hall–Kier alpha value is -2.14. The van der Waals surface area contributed by atoms with Crippen LogP contribution in [0.25, 0.3) is 10.9 Å². The van der Waals surface area contributed by atoms with Crippen molar-refractivity contribution in [2.75, 3.05) is 6.54 Å². The zero-order valence-corrected chi connectivity index (χ0v) is 11.9. The minimum Gasteiger partial charge on any atom is -0.481 e. The molecule has 1 aliphatic rings. The third kappa shape index (κ3) is 2.45. The molecule has 0 aliphatic heterocycles. The van der Waals surface area contributed by atoms with E-state index in [1.54, 1.807) is 30.5 Å². The van der Waals surface area contributed by atoms with Crippen LogP contribution in [0.2, 0.25) is 5.02 Å². The van der Waals surface area contributed by atoms with Gasteiger partial charge in [-0.1, -0.05) is 17.7 Å². The molecule has 0 bridgehead atoms. The number of hydrogen-bond donors (Lipinski definition) is 2. The van der Waals surface area contributed by atoms with Gasteiger partial charge in [0.15, 0.2) is 0 Å². The maximum absolute atomic E-state index is 12.4. The van der Waals surface area contributed by atoms with Crippen LogP contribution in [-0.2, 0) is 4.79 Å². The van der Waals surface area contributed by atoms with Crippen molar-refractivity contribution in [3.05, 3.63) is 41.0 Å². The summed E-state index contributed by atoms with van der Waals surface area (Å²) in [6, 6.07) is 6.87. The van der Waals surface area contributed by atoms with Crippen LogP contribution in [0.1, 0.15) is 23.2 Å². The molecule has 1 aliphatic carbocycles. The zero-order chi connectivity index (χ0) is 15.0. The first-order chi connectivity index (χ1) is 10.0. The van der Waals surface area contributed by atoms with Crippen molar-refractivity contribution in [3.8, 4) is 0 Å². The number of fused-ring (bicyclic) bond motifs is 1. The number of nitrogens with one attached hydrogen (secondary N) is 1. The lowest BCUT2D eigenvalue weighted by Crippen LogP contribution is -2.34. The molecule has 0 saturated heterocycles. The Balaban J connectivity index is 1.88. The Morgan fingerprint density at radius 2 is 2.10 bits per heavy atom. The second-order valence-electron chi connectivity index (χ2n) is 5.26. The van der Waals surface area contributed by atoms with E-state index in [2.05, 4.69) is 10.3 Å². The summed E-state index contributed by atoms with van der Waals surface area (Å²) in [7, 11) is 0. The SMILES string of the molecule is O=C(NCC1(C(=O)O)CC1)c1c(Cl)ccc2ncccc12. The van der Waals surface area contributed by atoms with Gasteiger partial charge in [-0.3, -0.25) is 14.6 Å². The molecule has 108 valence electrons. The van der Waals surface area contributed by atoms with Crippen molar-refractivity contribution in [1.82, 2.24) is 10.3 Å². The smallest absolute Gasteiger partial charge is 0.311 e. The fourth-order valence-corrected chi connectivity index (χ4v) is 2.56. The van der Waals surface area contributed by atoms with Crippen molar-refractivity contribution < 1.29 is 14.7 Å². The van der Waals surface area contributed by atoms with Gasteiger partial charge < -0.3 is 10.4 Å². The molecule has 21 heavy (non-hydrogen) atoms. The molecule has 3 rings (SSSR count). The maximum atomic E-state index is 12.4. The van der Waals surface area contributed by atoms with E-state index < -0.39 is 11.4 Å². The number of halogens is 1. The molecule has 6 heteroatoms. The Morgan fingerprint density at radius 3 is 2.76 bits per heavy atom. The highest BCUT2D eigenvalue weighted by Gasteiger charge is 2.50. The minimum atomic E-state index is -0.867. The van der Waals surface area contributed by atoms with Crippen molar-refractivity contribution in [1.29, 1.82) is 0 Å². The van der Waals surface area contributed by atoms with Gasteiger partial charge in [0.25, 0.3) is 5.91 Å². The van der Waals surface area contributed by atoms with Gasteiger partial charge in [0.2, 0.25) is 0 Å². The highest BCUT2D eigenvalue weighted by atomic mass is 35.5. The van der Waals surface area contributed by atoms with Crippen molar-refractivity contribution in [3.63, 3.8) is 0 Å². The highest BCUT2D eigenvalue weighted by Crippen LogP contribution is 2.45. The van der Waals surface area contributed by atoms with E-state index in [9.17, 15) is 9.59 Å². The van der Waals surface area contributed by atoms with Gasteiger partial charge >= 0.3 is 5.97 Å². The topological polar surface area (TPSA) is 79.3 Å². The largest absolute Gasteiger partial charge is 0.481 e. The van der Waals surface area contributed by atoms with E-state index in [0.717, 1.165) is 0 Å². The molecule has 1 aromatic carbocycles. The van der Waals surface area contributed by atoms with E-state index >= 15 is 0 Å². The number of rotatable bonds is 4. The van der Waals surface area contributed by atoms with Crippen molar-refractivity contribution in [2.45, 2.75) is 12.8 Å². The molecule has 0 spiro atoms. The molecular weight excluding hydrogens is 292 g/mol. The lowest BCUT2D eigenvalue weighted by molar-refractivity contribution is -0.143. The Bertz CT molecular complexity index is 741. The third-order valence-electron chi connectivity index (χ3n) is 3.86. The average Bonchev–Trinajstić information content (AvgIpc) is 3.26. The van der Waals surface area contributed by atoms with Crippen LogP contribution >= 0.6 is 11.6 Å². The number of aromatic nitrogens is 1. The standard InChI is InChI=1S/C15H13ClN2O3/c16-10-3-4-11-9(2-1-7-17-11)12(10)13(19)18-8-15(5-6-15)14(20)21/h1-4,7H,5-6,8H2,(H,18,19)(H,20,21). The van der Waals surface area contributed by atoms with Gasteiger partial charge in [-0.05, 0) is 31.0 Å². The Labute approximate surface area is 125 Å². The number of aliphatic carboxylic acids is 1. The third-order valence-corrected chi connectivity index (χ3v) is 4.17. The first kappa shape index (κ1) is 13.8. The van der Waals surface area contributed by atoms with E-state index in [0.29, 0.717) is 34.3 Å². The first-order valence-electron chi connectivity index (χ1n) is 6.58. The maximum Gasteiger partial charge on any atom is 0.311 e. The molecule has 1 saturated carbocycles. The molecule has 1 amide bonds. The summed E-state index contributed by atoms with van der Waals surface area (Å²) < 4.78 is 0. The number of pyridine rings is 1. The summed E-state index contributed by atoms with van der Waals surface area (Å²) in [6.45, 7) is 0.119. The number of carbonyl (C=O) groups is 2. The van der Waals surface area contributed by atoms with Gasteiger partial charge in [-0.2, -0.15) is 0 Å². The normalized spacial score (nSPS) is 15.7. The molecule has 2 aromatic rings. The number of benzene rings is 1. The Morgan fingerprint density at radius 1 is 1.33 bits per heavy atom. The number of nitrogens with zero attached hydrogens (tertiary/aromatic N) is 1. The highest BCUT2D eigenvalue weighted by molar-refractivity contribution is 6.35. The number of carbonyl (C=O) groups excluding carboxylic acids is 1. The second-order valence-corrected chi connectivity index (χ2v) is 5.67. The second kappa shape index (κ2) is 5.00. The van der Waals surface area contributed by atoms with E-state index in [1.165, 1.54) is 0 Å². The van der Waals surface area contributed by atoms with Gasteiger partial charge in [-0.15, -0.1) is 0 Å². The van der Waals surface area contributed by atoms with Crippen molar-refractivity contribution >= 4 is 34.4 Å². The van der Waals surface area contributed by atoms with E-state index in [1.807, 2.05) is 0 Å². The summed E-state index contributed by atoms with van der Waals surface area (Å²) in [5.41, 5.74) is 0.209. The van der Waals surface area contributed by atoms with Crippen LogP contribution in [0.15, 0.2) is 30.5 Å². The van der Waals surface area contributed by atoms with Crippen LogP contribution in [0.3, 0.4) is 0 Å². The molecule has 1 aromatic heterocycles. The van der Waals surface area contributed by atoms with Gasteiger partial charge in [-0.25, -0.2) is 0 Å². The zero-order valence-electron chi connectivity index (χ0n) is 11.1. The molecule has 2 N–H and O–H groups in total. The summed E-state index contributed by atoms with van der Waals surface area (Å²) >= 11 is 6.12. The summed E-state index contributed by atoms with van der Waals surface area (Å²) in [5.74, 6) is -1.24. The van der Waals surface area contributed by atoms with Gasteiger partial charge in [0, 0.05) is 18.1 Å². The van der Waals surface area contributed by atoms with Crippen LogP contribution < -0.4 is 5.32 Å². The quantitative estimate of drug-likeness (QED) is 0.909. The fourth-order valence-electron chi connectivity index (χ4n) is 2.31. The number of carboxylic acid groups (broad SMARTS) is 1. The van der Waals surface area contributed by atoms with Crippen LogP contribution in [-0.4, -0.2) is 28.5 Å². The van der Waals surface area contributed by atoms with Crippen LogP contribution in [0.5, 0.6) is 0 Å². The van der Waals surface area contributed by atoms with E-state index in [4.69, 9.17) is 16.7 Å². The Kier molecular flexibility index (Phi) is 3.29. The average molecular weight is 305 g/mol. The lowest BCUT2D eigenvalue weighted by atomic mass is 10.1. The van der Waals surface area contributed by atoms with Gasteiger partial charge in [0.05, 0.1) is 21.5 Å². The number of hydrogen-bond acceptors (Lipinski definition) is 3. The lowest BCUT2D eigenvalue weighted by Gasteiger charge is -2.13. The number of carboxylic acids is 1. The molecule has 5 nitrogen and oxygen atoms in total. The van der Waals surface area contributed by atoms with Crippen LogP contribution in [0, 0.1) is 5.41 Å². The summed E-state index contributed by atoms with van der Waals surface area (Å²) in [6.07, 6.45) is 2.82. The predicted octanol–water partition coefficient (Wildman–Crippen LogP) is 2.48. The summed E-state index contributed by atoms with van der Waals surface area (Å²) in [5, 5.41) is 12.8. The number of amides is 1. The predicted molar refractivity (Wildman–Crippen MR) is 78.4 cm³/mol. The van der Waals surface area contributed by atoms with E-state index in [-0.39, 0.29) is 12.5 Å². The molecule has 1 fully saturated rings. The minimum absolute atomic E-state index is 0.119. The summed E-state index contributed by atoms with van der Waals surface area (Å²) in [4.78, 5) is 27.7. The molecular formula is C15H13ClN2O3.